The molecule has 1 aromatic carbocycles. The van der Waals surface area contributed by atoms with Gasteiger partial charge in [-0.15, -0.1) is 0 Å². The van der Waals surface area contributed by atoms with Crippen LogP contribution < -0.4 is 11.1 Å². The molecular formula is C20H27N3O3. The second-order valence-electron chi connectivity index (χ2n) is 7.97. The first-order chi connectivity index (χ1) is 12.3. The smallest absolute Gasteiger partial charge is 0.309 e. The molecule has 26 heavy (non-hydrogen) atoms. The summed E-state index contributed by atoms with van der Waals surface area (Å²) < 4.78 is 0. The van der Waals surface area contributed by atoms with Gasteiger partial charge in [0.1, 0.15) is 0 Å². The van der Waals surface area contributed by atoms with E-state index in [2.05, 4.69) is 36.5 Å². The first-order valence-electron chi connectivity index (χ1n) is 9.23. The van der Waals surface area contributed by atoms with Crippen LogP contribution in [0.2, 0.25) is 0 Å². The summed E-state index contributed by atoms with van der Waals surface area (Å²) in [6, 6.07) is 8.22. The van der Waals surface area contributed by atoms with E-state index in [0.29, 0.717) is 6.42 Å². The molecule has 2 unspecified atom stereocenters. The van der Waals surface area contributed by atoms with Crippen LogP contribution in [0.25, 0.3) is 0 Å². The molecule has 140 valence electrons. The highest BCUT2D eigenvalue weighted by atomic mass is 16.2. The number of rotatable bonds is 5. The molecule has 0 radical (unpaired) electrons. The van der Waals surface area contributed by atoms with Gasteiger partial charge in [-0.25, -0.2) is 0 Å². The number of carbonyl (C=O) groups is 3. The predicted molar refractivity (Wildman–Crippen MR) is 98.2 cm³/mol. The van der Waals surface area contributed by atoms with Crippen molar-refractivity contribution in [2.75, 3.05) is 13.1 Å². The molecule has 3 N–H and O–H groups in total. The normalized spacial score (nSPS) is 21.5. The molecule has 2 aliphatic rings. The maximum absolute atomic E-state index is 12.9. The van der Waals surface area contributed by atoms with E-state index in [1.165, 1.54) is 5.56 Å². The van der Waals surface area contributed by atoms with E-state index in [1.807, 2.05) is 11.8 Å². The number of benzene rings is 1. The zero-order chi connectivity index (χ0) is 18.9. The highest BCUT2D eigenvalue weighted by molar-refractivity contribution is 6.34. The number of nitrogens with one attached hydrogen (secondary N) is 1. The molecule has 1 aromatic rings. The van der Waals surface area contributed by atoms with E-state index < -0.39 is 11.8 Å². The van der Waals surface area contributed by atoms with Crippen molar-refractivity contribution in [2.24, 2.45) is 11.1 Å². The van der Waals surface area contributed by atoms with Crippen LogP contribution in [0, 0.1) is 12.3 Å². The van der Waals surface area contributed by atoms with Crippen LogP contribution in [-0.4, -0.2) is 41.8 Å². The third-order valence-corrected chi connectivity index (χ3v) is 5.74. The Hall–Kier alpha value is -2.37. The van der Waals surface area contributed by atoms with Crippen LogP contribution in [0.3, 0.4) is 0 Å². The van der Waals surface area contributed by atoms with Crippen molar-refractivity contribution in [3.05, 3.63) is 35.4 Å². The first-order valence-corrected chi connectivity index (χ1v) is 9.23. The third-order valence-electron chi connectivity index (χ3n) is 5.74. The Bertz CT molecular complexity index is 710. The largest absolute Gasteiger partial charge is 0.361 e. The number of hydrogen-bond acceptors (Lipinski definition) is 3. The predicted octanol–water partition coefficient (Wildman–Crippen LogP) is 1.47. The summed E-state index contributed by atoms with van der Waals surface area (Å²) in [5, 5.41) is 2.56. The molecule has 2 fully saturated rings. The number of aryl methyl sites for hydroxylation is 1. The molecule has 1 aliphatic heterocycles. The van der Waals surface area contributed by atoms with Gasteiger partial charge in [0.25, 0.3) is 0 Å². The summed E-state index contributed by atoms with van der Waals surface area (Å²) in [4.78, 5) is 37.2. The topological polar surface area (TPSA) is 92.5 Å². The molecular weight excluding hydrogens is 330 g/mol. The minimum absolute atomic E-state index is 0.0569. The standard InChI is InChI=1S/C20H27N3O3/c1-13-3-5-15(6-4-13)14(2)9-17(24)23-12-20(7-8-20)10-16(23)11-22-19(26)18(21)25/h3-6,14,16H,7-12H2,1-2H3,(H2,21,25)(H,22,26). The lowest BCUT2D eigenvalue weighted by molar-refractivity contribution is -0.137. The van der Waals surface area contributed by atoms with Gasteiger partial charge in [-0.05, 0) is 43.1 Å². The Morgan fingerprint density at radius 2 is 1.92 bits per heavy atom. The Morgan fingerprint density at radius 3 is 2.50 bits per heavy atom. The van der Waals surface area contributed by atoms with Gasteiger partial charge in [-0.1, -0.05) is 36.8 Å². The lowest BCUT2D eigenvalue weighted by Gasteiger charge is -2.26. The molecule has 3 amide bonds. The van der Waals surface area contributed by atoms with E-state index in [9.17, 15) is 14.4 Å². The number of nitrogens with two attached hydrogens (primary N) is 1. The average molecular weight is 357 g/mol. The minimum atomic E-state index is -0.991. The van der Waals surface area contributed by atoms with Crippen LogP contribution in [0.15, 0.2) is 24.3 Å². The molecule has 1 heterocycles. The quantitative estimate of drug-likeness (QED) is 0.782. The van der Waals surface area contributed by atoms with Gasteiger partial charge in [-0.3, -0.25) is 14.4 Å². The van der Waals surface area contributed by atoms with Crippen LogP contribution in [0.1, 0.15) is 49.7 Å². The van der Waals surface area contributed by atoms with Gasteiger partial charge in [0.05, 0.1) is 0 Å². The average Bonchev–Trinajstić information content (AvgIpc) is 3.24. The number of likely N-dealkylation sites (tertiary alicyclic amines) is 1. The zero-order valence-electron chi connectivity index (χ0n) is 15.5. The van der Waals surface area contributed by atoms with Gasteiger partial charge < -0.3 is 16.0 Å². The zero-order valence-corrected chi connectivity index (χ0v) is 15.5. The van der Waals surface area contributed by atoms with Crippen molar-refractivity contribution in [3.63, 3.8) is 0 Å². The molecule has 3 rings (SSSR count). The maximum Gasteiger partial charge on any atom is 0.309 e. The molecule has 1 saturated carbocycles. The molecule has 0 bridgehead atoms. The number of hydrogen-bond donors (Lipinski definition) is 2. The second-order valence-corrected chi connectivity index (χ2v) is 7.97. The van der Waals surface area contributed by atoms with Crippen molar-refractivity contribution in [1.29, 1.82) is 0 Å². The van der Waals surface area contributed by atoms with Gasteiger partial charge in [0.2, 0.25) is 5.91 Å². The van der Waals surface area contributed by atoms with Crippen LogP contribution in [0.5, 0.6) is 0 Å². The Labute approximate surface area is 154 Å². The lowest BCUT2D eigenvalue weighted by Crippen LogP contribution is -2.46. The van der Waals surface area contributed by atoms with Crippen molar-refractivity contribution in [1.82, 2.24) is 10.2 Å². The molecule has 0 aromatic heterocycles. The maximum atomic E-state index is 12.9. The summed E-state index contributed by atoms with van der Waals surface area (Å²) in [7, 11) is 0. The van der Waals surface area contributed by atoms with Gasteiger partial charge in [0.15, 0.2) is 0 Å². The molecule has 6 nitrogen and oxygen atoms in total. The van der Waals surface area contributed by atoms with Gasteiger partial charge in [0, 0.05) is 25.6 Å². The molecule has 2 atom stereocenters. The number of amides is 3. The number of primary amides is 1. The fraction of sp³-hybridized carbons (Fsp3) is 0.550. The molecule has 6 heteroatoms. The van der Waals surface area contributed by atoms with E-state index in [1.54, 1.807) is 0 Å². The van der Waals surface area contributed by atoms with Crippen molar-refractivity contribution >= 4 is 17.7 Å². The number of carbonyl (C=O) groups excluding carboxylic acids is 3. The Morgan fingerprint density at radius 1 is 1.27 bits per heavy atom. The molecule has 1 spiro atoms. The first kappa shape index (κ1) is 18.4. The molecule has 1 aliphatic carbocycles. The summed E-state index contributed by atoms with van der Waals surface area (Å²) >= 11 is 0. The lowest BCUT2D eigenvalue weighted by atomic mass is 9.96. The van der Waals surface area contributed by atoms with Gasteiger partial charge in [-0.2, -0.15) is 0 Å². The second kappa shape index (κ2) is 7.09. The Kier molecular flexibility index (Phi) is 5.03. The number of nitrogens with zero attached hydrogens (tertiary/aromatic N) is 1. The monoisotopic (exact) mass is 357 g/mol. The Balaban J connectivity index is 1.62. The third kappa shape index (κ3) is 4.06. The summed E-state index contributed by atoms with van der Waals surface area (Å²) in [5.74, 6) is -1.53. The fourth-order valence-corrected chi connectivity index (χ4v) is 3.87. The van der Waals surface area contributed by atoms with E-state index in [-0.39, 0.29) is 29.8 Å². The SMILES string of the molecule is Cc1ccc(C(C)CC(=O)N2CC3(CC3)CC2CNC(=O)C(N)=O)cc1. The van der Waals surface area contributed by atoms with Crippen molar-refractivity contribution in [3.8, 4) is 0 Å². The van der Waals surface area contributed by atoms with E-state index in [0.717, 1.165) is 31.4 Å². The summed E-state index contributed by atoms with van der Waals surface area (Å²) in [6.07, 6.45) is 3.59. The van der Waals surface area contributed by atoms with Crippen LogP contribution in [-0.2, 0) is 14.4 Å². The van der Waals surface area contributed by atoms with Crippen molar-refractivity contribution < 1.29 is 14.4 Å². The summed E-state index contributed by atoms with van der Waals surface area (Å²) in [5.41, 5.74) is 7.57. The molecule has 1 saturated heterocycles. The van der Waals surface area contributed by atoms with Crippen molar-refractivity contribution in [2.45, 2.75) is 51.5 Å². The van der Waals surface area contributed by atoms with E-state index in [4.69, 9.17) is 5.73 Å². The minimum Gasteiger partial charge on any atom is -0.361 e. The fourth-order valence-electron chi connectivity index (χ4n) is 3.87. The summed E-state index contributed by atoms with van der Waals surface area (Å²) in [6.45, 7) is 5.15. The van der Waals surface area contributed by atoms with Crippen LogP contribution >= 0.6 is 0 Å². The van der Waals surface area contributed by atoms with E-state index >= 15 is 0 Å². The van der Waals surface area contributed by atoms with Gasteiger partial charge >= 0.3 is 11.8 Å². The van der Waals surface area contributed by atoms with Crippen LogP contribution in [0.4, 0.5) is 0 Å². The highest BCUT2D eigenvalue weighted by Crippen LogP contribution is 2.54. The highest BCUT2D eigenvalue weighted by Gasteiger charge is 2.53.